The zero-order valence-corrected chi connectivity index (χ0v) is 12.2. The van der Waals surface area contributed by atoms with Crippen LogP contribution in [0.5, 0.6) is 0 Å². The zero-order valence-electron chi connectivity index (χ0n) is 12.2. The molecule has 0 saturated heterocycles. The van der Waals surface area contributed by atoms with Gasteiger partial charge in [0.15, 0.2) is 0 Å². The number of hydrogen-bond donors (Lipinski definition) is 0. The van der Waals surface area contributed by atoms with Crippen molar-refractivity contribution < 1.29 is 0 Å². The van der Waals surface area contributed by atoms with Crippen LogP contribution in [0.4, 0.5) is 5.69 Å². The number of unbranched alkanes of at least 4 members (excludes halogenated alkanes) is 4. The normalized spacial score (nSPS) is 10.2. The second-order valence-electron chi connectivity index (χ2n) is 5.15. The first-order chi connectivity index (χ1) is 8.74. The van der Waals surface area contributed by atoms with Crippen LogP contribution in [0.2, 0.25) is 0 Å². The zero-order chi connectivity index (χ0) is 13.2. The minimum Gasteiger partial charge on any atom is -0.348 e. The third-order valence-electron chi connectivity index (χ3n) is 3.00. The summed E-state index contributed by atoms with van der Waals surface area (Å²) in [6.45, 7) is 7.71. The highest BCUT2D eigenvalue weighted by Gasteiger charge is 2.02. The van der Waals surface area contributed by atoms with E-state index in [4.69, 9.17) is 0 Å². The van der Waals surface area contributed by atoms with Crippen LogP contribution >= 0.6 is 0 Å². The summed E-state index contributed by atoms with van der Waals surface area (Å²) in [6.07, 6.45) is 8.93. The lowest BCUT2D eigenvalue weighted by atomic mass is 10.1. The fourth-order valence-electron chi connectivity index (χ4n) is 2.09. The Kier molecular flexibility index (Phi) is 7.24. The topological polar surface area (TPSA) is 3.24 Å². The summed E-state index contributed by atoms with van der Waals surface area (Å²) in [5.41, 5.74) is 2.65. The predicted molar refractivity (Wildman–Crippen MR) is 82.0 cm³/mol. The number of hydrogen-bond acceptors (Lipinski definition) is 1. The Labute approximate surface area is 113 Å². The monoisotopic (exact) mass is 245 g/mol. The maximum atomic E-state index is 2.38. The third-order valence-corrected chi connectivity index (χ3v) is 3.00. The van der Waals surface area contributed by atoms with Gasteiger partial charge in [0.25, 0.3) is 0 Å². The molecule has 1 nitrogen and oxygen atoms in total. The lowest BCUT2D eigenvalue weighted by Gasteiger charge is -2.21. The first-order valence-corrected chi connectivity index (χ1v) is 7.20. The molecule has 0 aromatic heterocycles. The van der Waals surface area contributed by atoms with Gasteiger partial charge in [-0.15, -0.1) is 0 Å². The summed E-state index contributed by atoms with van der Waals surface area (Å²) < 4.78 is 0. The van der Waals surface area contributed by atoms with Gasteiger partial charge in [-0.2, -0.15) is 0 Å². The van der Waals surface area contributed by atoms with Crippen LogP contribution < -0.4 is 4.90 Å². The Balaban J connectivity index is 2.50. The van der Waals surface area contributed by atoms with Crippen LogP contribution in [-0.2, 0) is 0 Å². The molecular weight excluding hydrogens is 218 g/mol. The van der Waals surface area contributed by atoms with Crippen molar-refractivity contribution in [1.29, 1.82) is 0 Å². The molecule has 1 heteroatoms. The van der Waals surface area contributed by atoms with E-state index in [2.05, 4.69) is 62.2 Å². The lowest BCUT2D eigenvalue weighted by molar-refractivity contribution is 0.633. The standard InChI is InChI=1S/C17H27N/c1-4-5-6-7-11-14-18(15-16(2)3)17-12-9-8-10-13-17/h8-10,12-13,15H,4-7,11,14H2,1-3H3. The molecule has 0 saturated carbocycles. The van der Waals surface area contributed by atoms with E-state index in [-0.39, 0.29) is 0 Å². The fraction of sp³-hybridized carbons (Fsp3) is 0.529. The van der Waals surface area contributed by atoms with Gasteiger partial charge < -0.3 is 4.90 Å². The highest BCUT2D eigenvalue weighted by molar-refractivity contribution is 5.49. The number of para-hydroxylation sites is 1. The molecule has 0 N–H and O–H groups in total. The number of nitrogens with zero attached hydrogens (tertiary/aromatic N) is 1. The van der Waals surface area contributed by atoms with Crippen molar-refractivity contribution in [1.82, 2.24) is 0 Å². The Bertz CT molecular complexity index is 336. The molecule has 0 amide bonds. The van der Waals surface area contributed by atoms with Crippen molar-refractivity contribution in [3.8, 4) is 0 Å². The number of allylic oxidation sites excluding steroid dienone is 1. The molecular formula is C17H27N. The van der Waals surface area contributed by atoms with Gasteiger partial charge >= 0.3 is 0 Å². The predicted octanol–water partition coefficient (Wildman–Crippen LogP) is 5.39. The summed E-state index contributed by atoms with van der Waals surface area (Å²) >= 11 is 0. The van der Waals surface area contributed by atoms with Crippen LogP contribution in [0.3, 0.4) is 0 Å². The molecule has 0 bridgehead atoms. The van der Waals surface area contributed by atoms with Crippen molar-refractivity contribution in [3.05, 3.63) is 42.1 Å². The highest BCUT2D eigenvalue weighted by atomic mass is 15.1. The molecule has 1 aromatic rings. The van der Waals surface area contributed by atoms with Crippen LogP contribution in [0.1, 0.15) is 52.9 Å². The molecule has 0 fully saturated rings. The van der Waals surface area contributed by atoms with Crippen molar-refractivity contribution in [2.45, 2.75) is 52.9 Å². The van der Waals surface area contributed by atoms with E-state index in [9.17, 15) is 0 Å². The van der Waals surface area contributed by atoms with E-state index in [0.29, 0.717) is 0 Å². The maximum absolute atomic E-state index is 2.38. The Morgan fingerprint density at radius 2 is 1.67 bits per heavy atom. The number of rotatable bonds is 8. The van der Waals surface area contributed by atoms with Gasteiger partial charge in [0.1, 0.15) is 0 Å². The quantitative estimate of drug-likeness (QED) is 0.555. The summed E-state index contributed by atoms with van der Waals surface area (Å²) in [5.74, 6) is 0. The number of anilines is 1. The second-order valence-corrected chi connectivity index (χ2v) is 5.15. The van der Waals surface area contributed by atoms with Crippen LogP contribution in [0.15, 0.2) is 42.1 Å². The lowest BCUT2D eigenvalue weighted by Crippen LogP contribution is -2.17. The van der Waals surface area contributed by atoms with E-state index in [1.54, 1.807) is 0 Å². The summed E-state index contributed by atoms with van der Waals surface area (Å²) in [7, 11) is 0. The van der Waals surface area contributed by atoms with Gasteiger partial charge in [-0.1, -0.05) is 56.4 Å². The minimum absolute atomic E-state index is 1.12. The first-order valence-electron chi connectivity index (χ1n) is 7.20. The molecule has 0 radical (unpaired) electrons. The van der Waals surface area contributed by atoms with Crippen molar-refractivity contribution >= 4 is 5.69 Å². The van der Waals surface area contributed by atoms with Gasteiger partial charge in [0, 0.05) is 18.4 Å². The van der Waals surface area contributed by atoms with Crippen LogP contribution in [0, 0.1) is 0 Å². The van der Waals surface area contributed by atoms with Crippen molar-refractivity contribution in [2.24, 2.45) is 0 Å². The largest absolute Gasteiger partial charge is 0.348 e. The minimum atomic E-state index is 1.12. The molecule has 0 aliphatic carbocycles. The number of benzene rings is 1. The summed E-state index contributed by atoms with van der Waals surface area (Å²) in [5, 5.41) is 0. The van der Waals surface area contributed by atoms with Crippen molar-refractivity contribution in [2.75, 3.05) is 11.4 Å². The molecule has 0 aliphatic heterocycles. The SMILES string of the molecule is CCCCCCCN(C=C(C)C)c1ccccc1. The molecule has 1 rings (SSSR count). The Morgan fingerprint density at radius 3 is 2.28 bits per heavy atom. The van der Waals surface area contributed by atoms with Crippen LogP contribution in [0.25, 0.3) is 0 Å². The molecule has 0 spiro atoms. The maximum Gasteiger partial charge on any atom is 0.0406 e. The molecule has 0 aliphatic rings. The van der Waals surface area contributed by atoms with Crippen LogP contribution in [-0.4, -0.2) is 6.54 Å². The van der Waals surface area contributed by atoms with Gasteiger partial charge in [0.05, 0.1) is 0 Å². The second kappa shape index (κ2) is 8.79. The van der Waals surface area contributed by atoms with Gasteiger partial charge in [-0.3, -0.25) is 0 Å². The average Bonchev–Trinajstić information content (AvgIpc) is 2.38. The van der Waals surface area contributed by atoms with Gasteiger partial charge in [-0.25, -0.2) is 0 Å². The molecule has 1 aromatic carbocycles. The van der Waals surface area contributed by atoms with E-state index in [0.717, 1.165) is 6.54 Å². The Hall–Kier alpha value is -1.24. The molecule has 0 atom stereocenters. The third kappa shape index (κ3) is 5.90. The Morgan fingerprint density at radius 1 is 1.00 bits per heavy atom. The summed E-state index contributed by atoms with van der Waals surface area (Å²) in [4.78, 5) is 2.38. The van der Waals surface area contributed by atoms with Crippen molar-refractivity contribution in [3.63, 3.8) is 0 Å². The highest BCUT2D eigenvalue weighted by Crippen LogP contribution is 2.16. The summed E-state index contributed by atoms with van der Waals surface area (Å²) in [6, 6.07) is 10.7. The van der Waals surface area contributed by atoms with E-state index < -0.39 is 0 Å². The van der Waals surface area contributed by atoms with E-state index in [1.165, 1.54) is 43.4 Å². The van der Waals surface area contributed by atoms with Gasteiger partial charge in [-0.05, 0) is 32.4 Å². The van der Waals surface area contributed by atoms with Gasteiger partial charge in [0.2, 0.25) is 0 Å². The van der Waals surface area contributed by atoms with E-state index >= 15 is 0 Å². The average molecular weight is 245 g/mol. The fourth-order valence-corrected chi connectivity index (χ4v) is 2.09. The van der Waals surface area contributed by atoms with E-state index in [1.807, 2.05) is 0 Å². The molecule has 0 heterocycles. The smallest absolute Gasteiger partial charge is 0.0406 e. The molecule has 0 unspecified atom stereocenters. The first kappa shape index (κ1) is 14.8. The molecule has 100 valence electrons. The molecule has 18 heavy (non-hydrogen) atoms.